The molecule has 2 aromatic rings. The molecule has 1 heterocycles. The Balaban J connectivity index is 2.06. The van der Waals surface area contributed by atoms with E-state index in [1.807, 2.05) is 0 Å². The number of nitrogens with zero attached hydrogens (tertiary/aromatic N) is 1. The highest BCUT2D eigenvalue weighted by atomic mass is 32.2. The van der Waals surface area contributed by atoms with Gasteiger partial charge in [-0.15, -0.1) is 0 Å². The summed E-state index contributed by atoms with van der Waals surface area (Å²) >= 11 is 0. The van der Waals surface area contributed by atoms with Crippen LogP contribution in [0.2, 0.25) is 0 Å². The molecule has 24 heavy (non-hydrogen) atoms. The average Bonchev–Trinajstić information content (AvgIpc) is 3.04. The average molecular weight is 350 g/mol. The lowest BCUT2D eigenvalue weighted by Crippen LogP contribution is -2.38. The molecular weight excluding hydrogens is 332 g/mol. The van der Waals surface area contributed by atoms with E-state index in [4.69, 9.17) is 4.42 Å². The van der Waals surface area contributed by atoms with Crippen LogP contribution in [0.25, 0.3) is 0 Å². The van der Waals surface area contributed by atoms with Gasteiger partial charge in [0.15, 0.2) is 11.5 Å². The Labute approximate surface area is 140 Å². The summed E-state index contributed by atoms with van der Waals surface area (Å²) in [5, 5.41) is 2.59. The van der Waals surface area contributed by atoms with Gasteiger partial charge in [0.25, 0.3) is 5.91 Å². The summed E-state index contributed by atoms with van der Waals surface area (Å²) in [6, 6.07) is 9.37. The summed E-state index contributed by atoms with van der Waals surface area (Å²) in [4.78, 5) is 23.1. The first-order chi connectivity index (χ1) is 11.3. The Bertz CT molecular complexity index is 811. The van der Waals surface area contributed by atoms with E-state index in [9.17, 15) is 18.0 Å². The summed E-state index contributed by atoms with van der Waals surface area (Å²) in [6.07, 6.45) is 2.47. The van der Waals surface area contributed by atoms with Crippen molar-refractivity contribution < 1.29 is 22.4 Å². The van der Waals surface area contributed by atoms with Gasteiger partial charge in [0.2, 0.25) is 10.0 Å². The summed E-state index contributed by atoms with van der Waals surface area (Å²) in [6.45, 7) is 1.61. The van der Waals surface area contributed by atoms with Crippen LogP contribution in [0, 0.1) is 0 Å². The third kappa shape index (κ3) is 4.45. The number of benzene rings is 1. The Morgan fingerprint density at radius 1 is 1.17 bits per heavy atom. The molecule has 2 rings (SSSR count). The molecule has 0 saturated carbocycles. The van der Waals surface area contributed by atoms with Crippen molar-refractivity contribution >= 4 is 27.4 Å². The number of furan rings is 1. The summed E-state index contributed by atoms with van der Waals surface area (Å²) < 4.78 is 30.1. The number of rotatable bonds is 7. The van der Waals surface area contributed by atoms with Gasteiger partial charge >= 0.3 is 0 Å². The minimum atomic E-state index is -3.53. The third-order valence-corrected chi connectivity index (χ3v) is 4.50. The number of amides is 1. The van der Waals surface area contributed by atoms with E-state index in [0.29, 0.717) is 11.3 Å². The molecule has 0 saturated heterocycles. The van der Waals surface area contributed by atoms with Crippen LogP contribution in [0.5, 0.6) is 0 Å². The number of hydrogen-bond donors (Lipinski definition) is 1. The van der Waals surface area contributed by atoms with Crippen LogP contribution in [0.3, 0.4) is 0 Å². The van der Waals surface area contributed by atoms with E-state index < -0.39 is 15.9 Å². The van der Waals surface area contributed by atoms with Crippen LogP contribution in [-0.2, 0) is 10.0 Å². The molecule has 1 aromatic heterocycles. The molecule has 0 aliphatic rings. The molecule has 8 heteroatoms. The van der Waals surface area contributed by atoms with Crippen molar-refractivity contribution in [2.75, 3.05) is 23.7 Å². The molecule has 0 radical (unpaired) electrons. The van der Waals surface area contributed by atoms with Crippen LogP contribution in [-0.4, -0.2) is 39.5 Å². The lowest BCUT2D eigenvalue weighted by molar-refractivity contribution is 0.0926. The normalized spacial score (nSPS) is 11.1. The number of carbonyl (C=O) groups is 2. The lowest BCUT2D eigenvalue weighted by Gasteiger charge is -2.22. The van der Waals surface area contributed by atoms with Crippen molar-refractivity contribution in [2.24, 2.45) is 0 Å². The van der Waals surface area contributed by atoms with Crippen LogP contribution in [0.4, 0.5) is 5.69 Å². The Kier molecular flexibility index (Phi) is 5.40. The van der Waals surface area contributed by atoms with Gasteiger partial charge in [0, 0.05) is 12.1 Å². The van der Waals surface area contributed by atoms with Crippen molar-refractivity contribution in [3.05, 3.63) is 54.0 Å². The topological polar surface area (TPSA) is 96.7 Å². The summed E-state index contributed by atoms with van der Waals surface area (Å²) in [5.41, 5.74) is 0.924. The van der Waals surface area contributed by atoms with Crippen molar-refractivity contribution in [1.82, 2.24) is 5.32 Å². The predicted molar refractivity (Wildman–Crippen MR) is 89.7 cm³/mol. The molecule has 1 amide bonds. The Morgan fingerprint density at radius 2 is 1.83 bits per heavy atom. The second kappa shape index (κ2) is 7.31. The number of Topliss-reactive ketones (excluding diaryl/α,β-unsaturated/α-hetero) is 1. The molecular formula is C16H18N2O5S. The van der Waals surface area contributed by atoms with Gasteiger partial charge < -0.3 is 9.73 Å². The van der Waals surface area contributed by atoms with Gasteiger partial charge in [-0.2, -0.15) is 0 Å². The highest BCUT2D eigenvalue weighted by molar-refractivity contribution is 7.92. The van der Waals surface area contributed by atoms with Crippen molar-refractivity contribution in [1.29, 1.82) is 0 Å². The van der Waals surface area contributed by atoms with Crippen molar-refractivity contribution in [2.45, 2.75) is 6.92 Å². The second-order valence-corrected chi connectivity index (χ2v) is 7.08. The van der Waals surface area contributed by atoms with Crippen LogP contribution >= 0.6 is 0 Å². The van der Waals surface area contributed by atoms with E-state index in [0.717, 1.165) is 6.26 Å². The van der Waals surface area contributed by atoms with Gasteiger partial charge in [0.05, 0.1) is 24.8 Å². The summed E-state index contributed by atoms with van der Waals surface area (Å²) in [5.74, 6) is -0.356. The van der Waals surface area contributed by atoms with E-state index in [1.165, 1.54) is 23.6 Å². The zero-order chi connectivity index (χ0) is 17.7. The second-order valence-electron chi connectivity index (χ2n) is 5.17. The number of ketones is 1. The molecule has 0 aliphatic heterocycles. The SMILES string of the molecule is CC(=O)c1ccc(N(CCNC(=O)c2ccco2)S(C)(=O)=O)cc1. The minimum Gasteiger partial charge on any atom is -0.459 e. The Morgan fingerprint density at radius 3 is 2.33 bits per heavy atom. The smallest absolute Gasteiger partial charge is 0.287 e. The first-order valence-electron chi connectivity index (χ1n) is 7.19. The monoisotopic (exact) mass is 350 g/mol. The number of sulfonamides is 1. The van der Waals surface area contributed by atoms with Gasteiger partial charge in [0.1, 0.15) is 0 Å². The summed E-state index contributed by atoms with van der Waals surface area (Å²) in [7, 11) is -3.53. The number of nitrogens with one attached hydrogen (secondary N) is 1. The van der Waals surface area contributed by atoms with Gasteiger partial charge in [-0.25, -0.2) is 8.42 Å². The zero-order valence-electron chi connectivity index (χ0n) is 13.4. The quantitative estimate of drug-likeness (QED) is 0.766. The van der Waals surface area contributed by atoms with Gasteiger partial charge in [-0.1, -0.05) is 0 Å². The highest BCUT2D eigenvalue weighted by Crippen LogP contribution is 2.18. The maximum absolute atomic E-state index is 12.0. The first-order valence-corrected chi connectivity index (χ1v) is 9.04. The van der Waals surface area contributed by atoms with E-state index >= 15 is 0 Å². The molecule has 1 aromatic carbocycles. The molecule has 0 bridgehead atoms. The molecule has 1 N–H and O–H groups in total. The molecule has 128 valence electrons. The minimum absolute atomic E-state index is 0.0602. The number of hydrogen-bond acceptors (Lipinski definition) is 5. The van der Waals surface area contributed by atoms with Crippen molar-refractivity contribution in [3.8, 4) is 0 Å². The van der Waals surface area contributed by atoms with Gasteiger partial charge in [-0.3, -0.25) is 13.9 Å². The molecule has 7 nitrogen and oxygen atoms in total. The zero-order valence-corrected chi connectivity index (χ0v) is 14.2. The fraction of sp³-hybridized carbons (Fsp3) is 0.250. The number of anilines is 1. The maximum Gasteiger partial charge on any atom is 0.287 e. The molecule has 0 fully saturated rings. The van der Waals surface area contributed by atoms with Crippen LogP contribution in [0.1, 0.15) is 27.8 Å². The van der Waals surface area contributed by atoms with Crippen LogP contribution in [0.15, 0.2) is 47.1 Å². The fourth-order valence-electron chi connectivity index (χ4n) is 2.11. The predicted octanol–water partition coefficient (Wildman–Crippen LogP) is 1.68. The lowest BCUT2D eigenvalue weighted by atomic mass is 10.1. The standard InChI is InChI=1S/C16H18N2O5S/c1-12(19)13-5-7-14(8-6-13)18(24(2,21)22)10-9-17-16(20)15-4-3-11-23-15/h3-8,11H,9-10H2,1-2H3,(H,17,20). The largest absolute Gasteiger partial charge is 0.459 e. The van der Waals surface area contributed by atoms with E-state index in [2.05, 4.69) is 5.32 Å². The molecule has 0 unspecified atom stereocenters. The van der Waals surface area contributed by atoms with Gasteiger partial charge in [-0.05, 0) is 43.3 Å². The Hall–Kier alpha value is -2.61. The fourth-order valence-corrected chi connectivity index (χ4v) is 3.04. The van der Waals surface area contributed by atoms with Crippen molar-refractivity contribution in [3.63, 3.8) is 0 Å². The third-order valence-electron chi connectivity index (χ3n) is 3.31. The van der Waals surface area contributed by atoms with E-state index in [-0.39, 0.29) is 24.6 Å². The van der Waals surface area contributed by atoms with E-state index in [1.54, 1.807) is 30.3 Å². The highest BCUT2D eigenvalue weighted by Gasteiger charge is 2.18. The molecule has 0 spiro atoms. The molecule has 0 atom stereocenters. The maximum atomic E-state index is 12.0. The molecule has 0 aliphatic carbocycles. The number of carbonyl (C=O) groups excluding carboxylic acids is 2. The van der Waals surface area contributed by atoms with Crippen LogP contribution < -0.4 is 9.62 Å². The first kappa shape index (κ1) is 17.7.